The number of hydrogen-bond acceptors (Lipinski definition) is 1. The maximum absolute atomic E-state index is 3.65. The first-order valence-electron chi connectivity index (χ1n) is 6.05. The van der Waals surface area contributed by atoms with Gasteiger partial charge in [0.05, 0.1) is 6.04 Å². The Morgan fingerprint density at radius 1 is 1.16 bits per heavy atom. The van der Waals surface area contributed by atoms with Gasteiger partial charge in [0.1, 0.15) is 0 Å². The van der Waals surface area contributed by atoms with E-state index in [0.29, 0.717) is 0 Å². The summed E-state index contributed by atoms with van der Waals surface area (Å²) < 4.78 is 3.48. The van der Waals surface area contributed by atoms with Gasteiger partial charge in [0, 0.05) is 12.5 Å². The molecule has 0 aliphatic rings. The van der Waals surface area contributed by atoms with Gasteiger partial charge >= 0.3 is 0 Å². The Morgan fingerprint density at radius 3 is 2.63 bits per heavy atom. The minimum Gasteiger partial charge on any atom is -0.306 e. The van der Waals surface area contributed by atoms with Gasteiger partial charge in [-0.2, -0.15) is 0 Å². The third-order valence-corrected chi connectivity index (χ3v) is 4.75. The molecule has 100 valence electrons. The molecule has 0 bridgehead atoms. The van der Waals surface area contributed by atoms with E-state index in [1.54, 1.807) is 0 Å². The third-order valence-electron chi connectivity index (χ3n) is 2.86. The maximum atomic E-state index is 3.65. The van der Waals surface area contributed by atoms with Crippen molar-refractivity contribution >= 4 is 54.5 Å². The Bertz CT molecular complexity index is 572. The van der Waals surface area contributed by atoms with E-state index in [0.717, 1.165) is 15.5 Å². The molecule has 1 N–H and O–H groups in total. The van der Waals surface area contributed by atoms with Crippen molar-refractivity contribution < 1.29 is 0 Å². The van der Waals surface area contributed by atoms with Crippen LogP contribution in [0, 0.1) is 3.57 Å². The van der Waals surface area contributed by atoms with Crippen molar-refractivity contribution in [3.8, 4) is 0 Å². The van der Waals surface area contributed by atoms with Gasteiger partial charge in [-0.3, -0.25) is 0 Å². The summed E-state index contributed by atoms with van der Waals surface area (Å²) in [6.45, 7) is 3.06. The molecule has 0 spiro atoms. The lowest BCUT2D eigenvalue weighted by Gasteiger charge is -2.21. The molecule has 2 aromatic carbocycles. The predicted octanol–water partition coefficient (Wildman–Crippen LogP) is 5.52. The smallest absolute Gasteiger partial charge is 0.0588 e. The molecule has 0 heterocycles. The van der Waals surface area contributed by atoms with Crippen molar-refractivity contribution in [2.24, 2.45) is 0 Å². The van der Waals surface area contributed by atoms with E-state index < -0.39 is 0 Å². The summed E-state index contributed by atoms with van der Waals surface area (Å²) in [6, 6.07) is 15.1. The molecule has 1 nitrogen and oxygen atoms in total. The number of rotatable bonds is 4. The van der Waals surface area contributed by atoms with Crippen molar-refractivity contribution in [1.29, 1.82) is 0 Å². The monoisotopic (exact) mass is 493 g/mol. The van der Waals surface area contributed by atoms with E-state index in [1.165, 1.54) is 14.7 Å². The highest BCUT2D eigenvalue weighted by atomic mass is 127. The van der Waals surface area contributed by atoms with E-state index in [1.807, 2.05) is 6.07 Å². The minimum absolute atomic E-state index is 0.201. The summed E-state index contributed by atoms with van der Waals surface area (Å²) in [5.74, 6) is 0. The second-order valence-electron chi connectivity index (χ2n) is 4.21. The van der Waals surface area contributed by atoms with Crippen LogP contribution in [0.5, 0.6) is 0 Å². The summed E-state index contributed by atoms with van der Waals surface area (Å²) in [5.41, 5.74) is 2.53. The van der Waals surface area contributed by atoms with Gasteiger partial charge < -0.3 is 5.32 Å². The van der Waals surface area contributed by atoms with Gasteiger partial charge in [-0.1, -0.05) is 50.9 Å². The molecule has 0 amide bonds. The maximum Gasteiger partial charge on any atom is 0.0588 e. The number of halogens is 3. The molecule has 0 aromatic heterocycles. The van der Waals surface area contributed by atoms with Crippen molar-refractivity contribution in [3.63, 3.8) is 0 Å². The highest BCUT2D eigenvalue weighted by molar-refractivity contribution is 14.1. The Hall–Kier alpha value is 0.0900. The van der Waals surface area contributed by atoms with Crippen LogP contribution in [0.25, 0.3) is 0 Å². The molecule has 19 heavy (non-hydrogen) atoms. The fourth-order valence-corrected chi connectivity index (χ4v) is 3.45. The van der Waals surface area contributed by atoms with Crippen molar-refractivity contribution in [3.05, 3.63) is 66.1 Å². The zero-order valence-corrected chi connectivity index (χ0v) is 15.8. The lowest BCUT2D eigenvalue weighted by molar-refractivity contribution is 0.628. The molecule has 0 saturated heterocycles. The highest BCUT2D eigenvalue weighted by Gasteiger charge is 2.16. The molecule has 2 rings (SSSR count). The average Bonchev–Trinajstić information content (AvgIpc) is 2.39. The molecule has 0 aliphatic carbocycles. The fourth-order valence-electron chi connectivity index (χ4n) is 2.03. The van der Waals surface area contributed by atoms with Crippen molar-refractivity contribution in [1.82, 2.24) is 5.32 Å². The second-order valence-corrected chi connectivity index (χ2v) is 7.23. The Balaban J connectivity index is 2.48. The highest BCUT2D eigenvalue weighted by Crippen LogP contribution is 2.31. The molecule has 0 radical (unpaired) electrons. The Morgan fingerprint density at radius 2 is 1.95 bits per heavy atom. The molecule has 0 aliphatic heterocycles. The molecule has 0 saturated carbocycles. The first-order valence-corrected chi connectivity index (χ1v) is 8.72. The lowest BCUT2D eigenvalue weighted by atomic mass is 9.99. The van der Waals surface area contributed by atoms with Crippen LogP contribution >= 0.6 is 54.5 Å². The zero-order valence-electron chi connectivity index (χ0n) is 10.5. The van der Waals surface area contributed by atoms with E-state index in [9.17, 15) is 0 Å². The molecular weight excluding hydrogens is 481 g/mol. The topological polar surface area (TPSA) is 12.0 Å². The zero-order chi connectivity index (χ0) is 13.8. The number of hydrogen-bond donors (Lipinski definition) is 1. The van der Waals surface area contributed by atoms with E-state index >= 15 is 0 Å². The summed E-state index contributed by atoms with van der Waals surface area (Å²) >= 11 is 9.56. The summed E-state index contributed by atoms with van der Waals surface area (Å²) in [7, 11) is 0. The van der Waals surface area contributed by atoms with Crippen LogP contribution in [0.2, 0.25) is 0 Å². The van der Waals surface area contributed by atoms with E-state index in [4.69, 9.17) is 0 Å². The van der Waals surface area contributed by atoms with Crippen molar-refractivity contribution in [2.75, 3.05) is 6.54 Å². The van der Waals surface area contributed by atoms with E-state index in [-0.39, 0.29) is 6.04 Å². The largest absolute Gasteiger partial charge is 0.306 e. The average molecular weight is 495 g/mol. The van der Waals surface area contributed by atoms with E-state index in [2.05, 4.69) is 103 Å². The standard InChI is InChI=1S/C15H14Br2IN/c1-2-19-15(10-4-3-5-12(18)8-10)13-9-11(16)6-7-14(13)17/h3-9,15,19H,2H2,1H3. The third kappa shape index (κ3) is 4.03. The van der Waals surface area contributed by atoms with Crippen LogP contribution in [0.1, 0.15) is 24.1 Å². The molecule has 1 atom stereocenters. The van der Waals surface area contributed by atoms with Gasteiger partial charge in [-0.05, 0) is 70.6 Å². The molecule has 0 fully saturated rings. The molecule has 1 unspecified atom stereocenters. The first-order chi connectivity index (χ1) is 9.11. The van der Waals surface area contributed by atoms with Crippen LogP contribution in [0.4, 0.5) is 0 Å². The van der Waals surface area contributed by atoms with Gasteiger partial charge in [0.2, 0.25) is 0 Å². The fraction of sp³-hybridized carbons (Fsp3) is 0.200. The van der Waals surface area contributed by atoms with Crippen LogP contribution in [-0.2, 0) is 0 Å². The summed E-state index contributed by atoms with van der Waals surface area (Å²) in [4.78, 5) is 0. The normalized spacial score (nSPS) is 12.4. The van der Waals surface area contributed by atoms with Gasteiger partial charge in [0.15, 0.2) is 0 Å². The van der Waals surface area contributed by atoms with Gasteiger partial charge in [-0.15, -0.1) is 0 Å². The predicted molar refractivity (Wildman–Crippen MR) is 96.5 cm³/mol. The quantitative estimate of drug-likeness (QED) is 0.552. The van der Waals surface area contributed by atoms with Crippen molar-refractivity contribution in [2.45, 2.75) is 13.0 Å². The van der Waals surface area contributed by atoms with Gasteiger partial charge in [-0.25, -0.2) is 0 Å². The second kappa shape index (κ2) is 7.20. The first kappa shape index (κ1) is 15.5. The van der Waals surface area contributed by atoms with Crippen LogP contribution in [-0.4, -0.2) is 6.54 Å². The van der Waals surface area contributed by atoms with Gasteiger partial charge in [0.25, 0.3) is 0 Å². The lowest BCUT2D eigenvalue weighted by Crippen LogP contribution is -2.22. The van der Waals surface area contributed by atoms with Crippen LogP contribution in [0.3, 0.4) is 0 Å². The number of benzene rings is 2. The Labute approximate surface area is 144 Å². The minimum atomic E-state index is 0.201. The van der Waals surface area contributed by atoms with Crippen LogP contribution < -0.4 is 5.32 Å². The van der Waals surface area contributed by atoms with Crippen LogP contribution in [0.15, 0.2) is 51.4 Å². The Kier molecular flexibility index (Phi) is 5.87. The molecular formula is C15H14Br2IN. The molecule has 2 aromatic rings. The number of nitrogens with one attached hydrogen (secondary N) is 1. The SMILES string of the molecule is CCNC(c1cccc(I)c1)c1cc(Br)ccc1Br. The summed E-state index contributed by atoms with van der Waals surface area (Å²) in [5, 5.41) is 3.56. The molecule has 4 heteroatoms. The summed E-state index contributed by atoms with van der Waals surface area (Å²) in [6.07, 6.45) is 0.